The van der Waals surface area contributed by atoms with Gasteiger partial charge in [0.2, 0.25) is 15.9 Å². The Morgan fingerprint density at radius 3 is 2.20 bits per heavy atom. The fourth-order valence-corrected chi connectivity index (χ4v) is 3.68. The highest BCUT2D eigenvalue weighted by atomic mass is 32.2. The Balaban J connectivity index is 2.30. The SMILES string of the molecule is Cc1ccc(CN(CCN(C)C)S(=O)(=O)c2ccc(C(N)=O)cc2)o1. The number of carbonyl (C=O) groups excluding carboxylic acids is 1. The molecule has 0 aliphatic rings. The van der Waals surface area contributed by atoms with Gasteiger partial charge in [-0.3, -0.25) is 4.79 Å². The first kappa shape index (κ1) is 19.2. The summed E-state index contributed by atoms with van der Waals surface area (Å²) in [5, 5.41) is 0. The van der Waals surface area contributed by atoms with Crippen molar-refractivity contribution in [2.45, 2.75) is 18.4 Å². The van der Waals surface area contributed by atoms with Crippen LogP contribution in [0.25, 0.3) is 0 Å². The largest absolute Gasteiger partial charge is 0.465 e. The van der Waals surface area contributed by atoms with Gasteiger partial charge in [0.05, 0.1) is 11.4 Å². The number of sulfonamides is 1. The number of hydrogen-bond acceptors (Lipinski definition) is 5. The highest BCUT2D eigenvalue weighted by Gasteiger charge is 2.25. The number of nitrogens with two attached hydrogens (primary N) is 1. The van der Waals surface area contributed by atoms with Crippen molar-refractivity contribution in [2.75, 3.05) is 27.2 Å². The van der Waals surface area contributed by atoms with Crippen molar-refractivity contribution >= 4 is 15.9 Å². The van der Waals surface area contributed by atoms with E-state index in [1.54, 1.807) is 12.1 Å². The Morgan fingerprint density at radius 2 is 1.72 bits per heavy atom. The van der Waals surface area contributed by atoms with E-state index in [1.807, 2.05) is 25.9 Å². The van der Waals surface area contributed by atoms with E-state index in [-0.39, 0.29) is 17.0 Å². The van der Waals surface area contributed by atoms with E-state index in [4.69, 9.17) is 10.2 Å². The number of likely N-dealkylation sites (N-methyl/N-ethyl adjacent to an activating group) is 1. The van der Waals surface area contributed by atoms with Gasteiger partial charge < -0.3 is 15.1 Å². The molecule has 1 amide bonds. The smallest absolute Gasteiger partial charge is 0.248 e. The third-order valence-corrected chi connectivity index (χ3v) is 5.56. The summed E-state index contributed by atoms with van der Waals surface area (Å²) in [5.74, 6) is 0.707. The first-order valence-corrected chi connectivity index (χ1v) is 9.24. The molecule has 2 aromatic rings. The number of benzene rings is 1. The molecule has 0 aliphatic carbocycles. The van der Waals surface area contributed by atoms with E-state index in [9.17, 15) is 13.2 Å². The third-order valence-electron chi connectivity index (χ3n) is 3.70. The Morgan fingerprint density at radius 1 is 1.08 bits per heavy atom. The van der Waals surface area contributed by atoms with Gasteiger partial charge in [0.25, 0.3) is 0 Å². The van der Waals surface area contributed by atoms with Crippen molar-refractivity contribution < 1.29 is 17.6 Å². The monoisotopic (exact) mass is 365 g/mol. The molecular formula is C17H23N3O4S. The summed E-state index contributed by atoms with van der Waals surface area (Å²) in [7, 11) is 0.0233. The second kappa shape index (κ2) is 7.81. The predicted octanol–water partition coefficient (Wildman–Crippen LogP) is 1.44. The molecule has 0 saturated heterocycles. The lowest BCUT2D eigenvalue weighted by Crippen LogP contribution is -2.36. The predicted molar refractivity (Wildman–Crippen MR) is 94.6 cm³/mol. The van der Waals surface area contributed by atoms with E-state index < -0.39 is 15.9 Å². The lowest BCUT2D eigenvalue weighted by Gasteiger charge is -2.23. The molecule has 1 aromatic heterocycles. The van der Waals surface area contributed by atoms with Crippen LogP contribution in [0.15, 0.2) is 45.7 Å². The van der Waals surface area contributed by atoms with Crippen LogP contribution >= 0.6 is 0 Å². The van der Waals surface area contributed by atoms with Gasteiger partial charge in [0, 0.05) is 18.7 Å². The van der Waals surface area contributed by atoms with E-state index in [2.05, 4.69) is 0 Å². The highest BCUT2D eigenvalue weighted by molar-refractivity contribution is 7.89. The maximum Gasteiger partial charge on any atom is 0.248 e. The molecule has 0 aliphatic heterocycles. The zero-order valence-corrected chi connectivity index (χ0v) is 15.4. The van der Waals surface area contributed by atoms with Crippen molar-refractivity contribution in [1.82, 2.24) is 9.21 Å². The van der Waals surface area contributed by atoms with Crippen molar-refractivity contribution in [3.63, 3.8) is 0 Å². The fraction of sp³-hybridized carbons (Fsp3) is 0.353. The van der Waals surface area contributed by atoms with Gasteiger partial charge in [-0.2, -0.15) is 4.31 Å². The van der Waals surface area contributed by atoms with Gasteiger partial charge in [0.15, 0.2) is 0 Å². The molecular weight excluding hydrogens is 342 g/mol. The molecule has 25 heavy (non-hydrogen) atoms. The van der Waals surface area contributed by atoms with Crippen molar-refractivity contribution in [3.8, 4) is 0 Å². The Hall–Kier alpha value is -2.16. The van der Waals surface area contributed by atoms with E-state index >= 15 is 0 Å². The second-order valence-corrected chi connectivity index (χ2v) is 7.98. The number of rotatable bonds is 8. The molecule has 0 bridgehead atoms. The maximum atomic E-state index is 13.0. The van der Waals surface area contributed by atoms with E-state index in [0.29, 0.717) is 18.8 Å². The summed E-state index contributed by atoms with van der Waals surface area (Å²) in [6, 6.07) is 9.18. The van der Waals surface area contributed by atoms with Crippen molar-refractivity contribution in [3.05, 3.63) is 53.5 Å². The molecule has 0 saturated carbocycles. The summed E-state index contributed by atoms with van der Waals surface area (Å²) in [6.45, 7) is 2.83. The van der Waals surface area contributed by atoms with Gasteiger partial charge >= 0.3 is 0 Å². The summed E-state index contributed by atoms with van der Waals surface area (Å²) < 4.78 is 32.9. The van der Waals surface area contributed by atoms with Crippen LogP contribution in [0.1, 0.15) is 21.9 Å². The molecule has 0 radical (unpaired) electrons. The summed E-state index contributed by atoms with van der Waals surface area (Å²) >= 11 is 0. The molecule has 2 rings (SSSR count). The van der Waals surface area contributed by atoms with Crippen LogP contribution in [0.2, 0.25) is 0 Å². The Labute approximate surface area is 148 Å². The zero-order chi connectivity index (χ0) is 18.6. The highest BCUT2D eigenvalue weighted by Crippen LogP contribution is 2.20. The fourth-order valence-electron chi connectivity index (χ4n) is 2.28. The van der Waals surface area contributed by atoms with Crippen LogP contribution in [-0.4, -0.2) is 50.7 Å². The van der Waals surface area contributed by atoms with Crippen LogP contribution in [0.5, 0.6) is 0 Å². The van der Waals surface area contributed by atoms with Gasteiger partial charge in [0.1, 0.15) is 11.5 Å². The third kappa shape index (κ3) is 4.91. The molecule has 0 spiro atoms. The second-order valence-electron chi connectivity index (χ2n) is 6.04. The normalized spacial score (nSPS) is 12.0. The Bertz CT molecular complexity index is 826. The number of nitrogens with zero attached hydrogens (tertiary/aromatic N) is 2. The average Bonchev–Trinajstić information content (AvgIpc) is 2.96. The number of furan rings is 1. The van der Waals surface area contributed by atoms with Crippen LogP contribution in [0, 0.1) is 6.92 Å². The Kier molecular flexibility index (Phi) is 5.99. The minimum atomic E-state index is -3.73. The molecule has 0 fully saturated rings. The van der Waals surface area contributed by atoms with Gasteiger partial charge in [-0.25, -0.2) is 8.42 Å². The average molecular weight is 365 g/mol. The molecule has 2 N–H and O–H groups in total. The number of carbonyl (C=O) groups is 1. The standard InChI is InChI=1S/C17H23N3O4S/c1-13-4-7-15(24-13)12-20(11-10-19(2)3)25(22,23)16-8-5-14(6-9-16)17(18)21/h4-9H,10-12H2,1-3H3,(H2,18,21). The summed E-state index contributed by atoms with van der Waals surface area (Å²) in [6.07, 6.45) is 0. The van der Waals surface area contributed by atoms with Gasteiger partial charge in [-0.15, -0.1) is 0 Å². The van der Waals surface area contributed by atoms with Crippen LogP contribution in [0.4, 0.5) is 0 Å². The first-order valence-electron chi connectivity index (χ1n) is 7.80. The maximum absolute atomic E-state index is 13.0. The van der Waals surface area contributed by atoms with Crippen molar-refractivity contribution in [1.29, 1.82) is 0 Å². The minimum absolute atomic E-state index is 0.111. The molecule has 0 unspecified atom stereocenters. The quantitative estimate of drug-likeness (QED) is 0.763. The lowest BCUT2D eigenvalue weighted by molar-refractivity contribution is 0.1000. The number of primary amides is 1. The molecule has 8 heteroatoms. The molecule has 1 heterocycles. The van der Waals surface area contributed by atoms with Crippen LogP contribution in [-0.2, 0) is 16.6 Å². The summed E-state index contributed by atoms with van der Waals surface area (Å²) in [5.41, 5.74) is 5.47. The minimum Gasteiger partial charge on any atom is -0.465 e. The first-order chi connectivity index (χ1) is 11.7. The van der Waals surface area contributed by atoms with Gasteiger partial charge in [-0.1, -0.05) is 0 Å². The van der Waals surface area contributed by atoms with E-state index in [1.165, 1.54) is 28.6 Å². The van der Waals surface area contributed by atoms with E-state index in [0.717, 1.165) is 5.76 Å². The van der Waals surface area contributed by atoms with Crippen LogP contribution < -0.4 is 5.73 Å². The molecule has 7 nitrogen and oxygen atoms in total. The summed E-state index contributed by atoms with van der Waals surface area (Å²) in [4.78, 5) is 13.2. The lowest BCUT2D eigenvalue weighted by atomic mass is 10.2. The molecule has 1 aromatic carbocycles. The molecule has 0 atom stereocenters. The van der Waals surface area contributed by atoms with Gasteiger partial charge in [-0.05, 0) is 57.4 Å². The zero-order valence-electron chi connectivity index (χ0n) is 14.6. The topological polar surface area (TPSA) is 96.9 Å². The number of amides is 1. The van der Waals surface area contributed by atoms with Crippen LogP contribution in [0.3, 0.4) is 0 Å². The molecule has 136 valence electrons. The number of aryl methyl sites for hydroxylation is 1. The number of hydrogen-bond donors (Lipinski definition) is 1. The van der Waals surface area contributed by atoms with Crippen molar-refractivity contribution in [2.24, 2.45) is 5.73 Å².